The fourth-order valence-corrected chi connectivity index (χ4v) is 4.00. The zero-order chi connectivity index (χ0) is 18.2. The molecular formula is C15H13Cl2NO5S. The van der Waals surface area contributed by atoms with E-state index < -0.39 is 21.7 Å². The molecule has 0 atom stereocenters. The minimum Gasteiger partial charge on any atom is -0.504 e. The molecule has 0 aromatic heterocycles. The molecule has 0 unspecified atom stereocenters. The number of phenolic OH excluding ortho intramolecular Hbond substituents is 1. The largest absolute Gasteiger partial charge is 0.504 e. The van der Waals surface area contributed by atoms with Gasteiger partial charge in [-0.25, -0.2) is 13.2 Å². The molecule has 0 saturated heterocycles. The second kappa shape index (κ2) is 6.51. The second-order valence-corrected chi connectivity index (χ2v) is 7.62. The van der Waals surface area contributed by atoms with E-state index in [1.54, 1.807) is 6.92 Å². The van der Waals surface area contributed by atoms with Gasteiger partial charge >= 0.3 is 5.97 Å². The van der Waals surface area contributed by atoms with Crippen LogP contribution in [-0.2, 0) is 10.0 Å². The van der Waals surface area contributed by atoms with Gasteiger partial charge in [0.1, 0.15) is 0 Å². The zero-order valence-electron chi connectivity index (χ0n) is 12.6. The molecule has 9 heteroatoms. The Hall–Kier alpha value is -1.96. The van der Waals surface area contributed by atoms with Gasteiger partial charge in [0.25, 0.3) is 10.0 Å². The molecule has 0 bridgehead atoms. The normalized spacial score (nSPS) is 11.3. The van der Waals surface area contributed by atoms with Crippen LogP contribution in [0.5, 0.6) is 5.75 Å². The van der Waals surface area contributed by atoms with Crippen molar-refractivity contribution in [2.45, 2.75) is 18.7 Å². The number of carboxylic acids is 1. The second-order valence-electron chi connectivity index (χ2n) is 5.13. The molecule has 0 radical (unpaired) electrons. The van der Waals surface area contributed by atoms with Crippen molar-refractivity contribution in [1.29, 1.82) is 0 Å². The first-order valence-corrected chi connectivity index (χ1v) is 8.82. The topological polar surface area (TPSA) is 104 Å². The molecule has 0 amide bonds. The fraction of sp³-hybridized carbons (Fsp3) is 0.133. The van der Waals surface area contributed by atoms with Crippen molar-refractivity contribution in [1.82, 2.24) is 0 Å². The molecule has 3 N–H and O–H groups in total. The van der Waals surface area contributed by atoms with Gasteiger partial charge in [0, 0.05) is 5.02 Å². The SMILES string of the molecule is Cc1cc(C)c(S(=O)(=O)Nc2cc(Cl)cc(Cl)c2O)cc1C(=O)O. The summed E-state index contributed by atoms with van der Waals surface area (Å²) in [5.41, 5.74) is 0.462. The Morgan fingerprint density at radius 1 is 1.08 bits per heavy atom. The van der Waals surface area contributed by atoms with E-state index in [2.05, 4.69) is 4.72 Å². The lowest BCUT2D eigenvalue weighted by molar-refractivity contribution is 0.0696. The molecular weight excluding hydrogens is 377 g/mol. The number of aromatic hydroxyl groups is 1. The first-order chi connectivity index (χ1) is 11.0. The minimum absolute atomic E-state index is 0.118. The first-order valence-electron chi connectivity index (χ1n) is 6.58. The van der Waals surface area contributed by atoms with Gasteiger partial charge in [-0.3, -0.25) is 4.72 Å². The molecule has 0 heterocycles. The summed E-state index contributed by atoms with van der Waals surface area (Å²) in [5.74, 6) is -1.72. The van der Waals surface area contributed by atoms with Crippen LogP contribution in [0, 0.1) is 13.8 Å². The summed E-state index contributed by atoms with van der Waals surface area (Å²) in [4.78, 5) is 11.0. The van der Waals surface area contributed by atoms with Crippen molar-refractivity contribution in [3.63, 3.8) is 0 Å². The predicted molar refractivity (Wildman–Crippen MR) is 91.8 cm³/mol. The Labute approximate surface area is 148 Å². The van der Waals surface area contributed by atoms with Crippen LogP contribution in [0.3, 0.4) is 0 Å². The number of hydrogen-bond acceptors (Lipinski definition) is 4. The highest BCUT2D eigenvalue weighted by Gasteiger charge is 2.22. The number of aromatic carboxylic acids is 1. The van der Waals surface area contributed by atoms with Crippen LogP contribution in [0.2, 0.25) is 10.0 Å². The lowest BCUT2D eigenvalue weighted by Crippen LogP contribution is -2.16. The Morgan fingerprint density at radius 3 is 2.29 bits per heavy atom. The van der Waals surface area contributed by atoms with Gasteiger partial charge in [-0.2, -0.15) is 0 Å². The maximum Gasteiger partial charge on any atom is 0.335 e. The summed E-state index contributed by atoms with van der Waals surface area (Å²) in [6, 6.07) is 4.99. The van der Waals surface area contributed by atoms with E-state index in [0.29, 0.717) is 11.1 Å². The molecule has 2 rings (SSSR count). The highest BCUT2D eigenvalue weighted by atomic mass is 35.5. The number of anilines is 1. The minimum atomic E-state index is -4.16. The Bertz CT molecular complexity index is 941. The van der Waals surface area contributed by atoms with Crippen molar-refractivity contribution in [2.24, 2.45) is 0 Å². The number of carbonyl (C=O) groups is 1. The van der Waals surface area contributed by atoms with Crippen LogP contribution in [0.1, 0.15) is 21.5 Å². The number of phenols is 1. The highest BCUT2D eigenvalue weighted by molar-refractivity contribution is 7.92. The molecule has 128 valence electrons. The lowest BCUT2D eigenvalue weighted by Gasteiger charge is -2.14. The maximum atomic E-state index is 12.6. The zero-order valence-corrected chi connectivity index (χ0v) is 14.9. The molecule has 0 spiro atoms. The highest BCUT2D eigenvalue weighted by Crippen LogP contribution is 2.36. The summed E-state index contributed by atoms with van der Waals surface area (Å²) in [7, 11) is -4.16. The first kappa shape index (κ1) is 18.4. The molecule has 6 nitrogen and oxygen atoms in total. The number of halogens is 2. The molecule has 24 heavy (non-hydrogen) atoms. The standard InChI is InChI=1S/C15H13Cl2NO5S/c1-7-3-8(2)13(6-10(7)15(20)21)24(22,23)18-12-5-9(16)4-11(17)14(12)19/h3-6,18-19H,1-2H3,(H,20,21). The third-order valence-corrected chi connectivity index (χ3v) is 5.33. The van der Waals surface area contributed by atoms with E-state index in [1.165, 1.54) is 25.1 Å². The lowest BCUT2D eigenvalue weighted by atomic mass is 10.1. The smallest absolute Gasteiger partial charge is 0.335 e. The molecule has 0 fully saturated rings. The summed E-state index contributed by atoms with van der Waals surface area (Å²) in [6.45, 7) is 3.11. The maximum absolute atomic E-state index is 12.6. The Kier molecular flexibility index (Phi) is 4.98. The molecule has 0 saturated carbocycles. The predicted octanol–water partition coefficient (Wildman–Crippen LogP) is 3.81. The van der Waals surface area contributed by atoms with Crippen molar-refractivity contribution in [3.8, 4) is 5.75 Å². The van der Waals surface area contributed by atoms with Crippen LogP contribution in [0.25, 0.3) is 0 Å². The van der Waals surface area contributed by atoms with E-state index in [9.17, 15) is 18.3 Å². The fourth-order valence-electron chi connectivity index (χ4n) is 2.20. The van der Waals surface area contributed by atoms with Crippen LogP contribution in [0.4, 0.5) is 5.69 Å². The monoisotopic (exact) mass is 389 g/mol. The molecule has 2 aromatic rings. The number of sulfonamides is 1. The number of rotatable bonds is 4. The van der Waals surface area contributed by atoms with Gasteiger partial charge < -0.3 is 10.2 Å². The number of nitrogens with one attached hydrogen (secondary N) is 1. The third kappa shape index (κ3) is 3.58. The van der Waals surface area contributed by atoms with E-state index in [1.807, 2.05) is 0 Å². The van der Waals surface area contributed by atoms with Crippen molar-refractivity contribution in [3.05, 3.63) is 51.0 Å². The average molecular weight is 390 g/mol. The van der Waals surface area contributed by atoms with Crippen molar-refractivity contribution < 1.29 is 23.4 Å². The van der Waals surface area contributed by atoms with E-state index in [0.717, 1.165) is 6.07 Å². The molecule has 2 aromatic carbocycles. The van der Waals surface area contributed by atoms with Gasteiger partial charge in [0.05, 0.1) is 21.2 Å². The van der Waals surface area contributed by atoms with E-state index >= 15 is 0 Å². The molecule has 0 aliphatic carbocycles. The quantitative estimate of drug-likeness (QED) is 0.689. The molecule has 0 aliphatic heterocycles. The Balaban J connectivity index is 2.57. The van der Waals surface area contributed by atoms with Gasteiger partial charge in [0.15, 0.2) is 5.75 Å². The van der Waals surface area contributed by atoms with E-state index in [4.69, 9.17) is 28.3 Å². The van der Waals surface area contributed by atoms with Crippen LogP contribution in [0.15, 0.2) is 29.2 Å². The van der Waals surface area contributed by atoms with Crippen LogP contribution < -0.4 is 4.72 Å². The van der Waals surface area contributed by atoms with E-state index in [-0.39, 0.29) is 26.2 Å². The Morgan fingerprint density at radius 2 is 1.71 bits per heavy atom. The number of benzene rings is 2. The third-order valence-electron chi connectivity index (χ3n) is 3.31. The number of carboxylic acid groups (broad SMARTS) is 1. The van der Waals surface area contributed by atoms with Gasteiger partial charge in [-0.1, -0.05) is 29.3 Å². The number of hydrogen-bond donors (Lipinski definition) is 3. The summed E-state index contributed by atoms with van der Waals surface area (Å²) < 4.78 is 27.3. The van der Waals surface area contributed by atoms with Gasteiger partial charge in [0.2, 0.25) is 0 Å². The van der Waals surface area contributed by atoms with Gasteiger partial charge in [-0.15, -0.1) is 0 Å². The summed E-state index contributed by atoms with van der Waals surface area (Å²) in [6.07, 6.45) is 0. The summed E-state index contributed by atoms with van der Waals surface area (Å²) >= 11 is 11.6. The average Bonchev–Trinajstić information content (AvgIpc) is 2.43. The molecule has 0 aliphatic rings. The summed E-state index contributed by atoms with van der Waals surface area (Å²) in [5, 5.41) is 19.0. The van der Waals surface area contributed by atoms with Crippen molar-refractivity contribution in [2.75, 3.05) is 4.72 Å². The van der Waals surface area contributed by atoms with Crippen molar-refractivity contribution >= 4 is 44.9 Å². The van der Waals surface area contributed by atoms with Gasteiger partial charge in [-0.05, 0) is 43.2 Å². The number of aryl methyl sites for hydroxylation is 2. The van der Waals surface area contributed by atoms with Crippen LogP contribution in [-0.4, -0.2) is 24.6 Å². The van der Waals surface area contributed by atoms with Crippen LogP contribution >= 0.6 is 23.2 Å².